The molecule has 0 aromatic heterocycles. The quantitative estimate of drug-likeness (QED) is 0.112. The van der Waals surface area contributed by atoms with Crippen molar-refractivity contribution in [3.63, 3.8) is 0 Å². The van der Waals surface area contributed by atoms with Crippen LogP contribution in [0.5, 0.6) is 0 Å². The Morgan fingerprint density at radius 3 is 0.763 bits per heavy atom. The first-order chi connectivity index (χ1) is 18.6. The lowest BCUT2D eigenvalue weighted by Gasteiger charge is -2.19. The highest BCUT2D eigenvalue weighted by molar-refractivity contribution is 7.79. The second-order valence-electron chi connectivity index (χ2n) is 10.1. The third kappa shape index (κ3) is 7.47. The van der Waals surface area contributed by atoms with Gasteiger partial charge in [0.2, 0.25) is 0 Å². The molecule has 198 valence electrons. The predicted molar refractivity (Wildman–Crippen MR) is 166 cm³/mol. The molecule has 4 rings (SSSR count). The second kappa shape index (κ2) is 14.5. The number of unbranched alkanes of at least 4 members (excludes halogenated alkanes) is 7. The lowest BCUT2D eigenvalue weighted by molar-refractivity contribution is 0.567. The van der Waals surface area contributed by atoms with Crippen LogP contribution < -0.4 is 21.2 Å². The van der Waals surface area contributed by atoms with Gasteiger partial charge in [0.1, 0.15) is 14.3 Å². The van der Waals surface area contributed by atoms with Crippen molar-refractivity contribution < 1.29 is 9.13 Å². The van der Waals surface area contributed by atoms with E-state index in [2.05, 4.69) is 0 Å². The Labute approximate surface area is 229 Å². The molecule has 4 heteroatoms. The summed E-state index contributed by atoms with van der Waals surface area (Å²) in [5, 5.41) is 3.87. The van der Waals surface area contributed by atoms with Crippen LogP contribution in [0.4, 0.5) is 0 Å². The van der Waals surface area contributed by atoms with E-state index >= 15 is 0 Å². The third-order valence-electron chi connectivity index (χ3n) is 7.39. The molecule has 0 heterocycles. The Hall–Kier alpha value is -2.66. The molecule has 0 unspecified atom stereocenters. The van der Waals surface area contributed by atoms with Gasteiger partial charge in [-0.15, -0.1) is 0 Å². The van der Waals surface area contributed by atoms with Gasteiger partial charge in [0.25, 0.3) is 0 Å². The minimum atomic E-state index is -2.59. The van der Waals surface area contributed by atoms with Crippen molar-refractivity contribution >= 4 is 35.5 Å². The van der Waals surface area contributed by atoms with Crippen LogP contribution in [-0.2, 0) is 9.13 Å². The fourth-order valence-corrected chi connectivity index (χ4v) is 10.8. The molecule has 0 aliphatic heterocycles. The Kier molecular flexibility index (Phi) is 10.8. The van der Waals surface area contributed by atoms with Gasteiger partial charge >= 0.3 is 0 Å². The van der Waals surface area contributed by atoms with Crippen LogP contribution in [0.3, 0.4) is 0 Å². The topological polar surface area (TPSA) is 34.1 Å². The van der Waals surface area contributed by atoms with Crippen molar-refractivity contribution in [3.8, 4) is 0 Å². The van der Waals surface area contributed by atoms with E-state index in [-0.39, 0.29) is 0 Å². The van der Waals surface area contributed by atoms with Gasteiger partial charge in [-0.2, -0.15) is 0 Å². The molecule has 0 bridgehead atoms. The summed E-state index contributed by atoms with van der Waals surface area (Å²) in [6, 6.07) is 40.0. The molecule has 0 aliphatic rings. The third-order valence-corrected chi connectivity index (χ3v) is 13.8. The van der Waals surface area contributed by atoms with E-state index in [4.69, 9.17) is 0 Å². The van der Waals surface area contributed by atoms with Crippen molar-refractivity contribution in [3.05, 3.63) is 121 Å². The molecular formula is C34H40O2P2. The van der Waals surface area contributed by atoms with Crippen molar-refractivity contribution in [2.75, 3.05) is 12.3 Å². The van der Waals surface area contributed by atoms with Crippen LogP contribution >= 0.6 is 14.3 Å². The van der Waals surface area contributed by atoms with Gasteiger partial charge in [-0.1, -0.05) is 160 Å². The van der Waals surface area contributed by atoms with E-state index in [9.17, 15) is 9.13 Å². The van der Waals surface area contributed by atoms with Crippen LogP contribution in [0.1, 0.15) is 51.4 Å². The van der Waals surface area contributed by atoms with Crippen LogP contribution in [0.15, 0.2) is 121 Å². The first-order valence-corrected chi connectivity index (χ1v) is 17.8. The normalized spacial score (nSPS) is 11.9. The Morgan fingerprint density at radius 1 is 0.316 bits per heavy atom. The van der Waals surface area contributed by atoms with E-state index in [1.54, 1.807) is 0 Å². The molecule has 0 aliphatic carbocycles. The van der Waals surface area contributed by atoms with Crippen LogP contribution in [-0.4, -0.2) is 12.3 Å². The Bertz CT molecular complexity index is 1110. The van der Waals surface area contributed by atoms with Gasteiger partial charge < -0.3 is 9.13 Å². The van der Waals surface area contributed by atoms with Crippen LogP contribution in [0.25, 0.3) is 0 Å². The fourth-order valence-electron chi connectivity index (χ4n) is 5.22. The first-order valence-electron chi connectivity index (χ1n) is 14.0. The van der Waals surface area contributed by atoms with Gasteiger partial charge in [0.15, 0.2) is 0 Å². The zero-order valence-electron chi connectivity index (χ0n) is 22.3. The smallest absolute Gasteiger partial charge is 0.143 e. The maximum atomic E-state index is 14.1. The molecule has 0 fully saturated rings. The lowest BCUT2D eigenvalue weighted by atomic mass is 10.1. The van der Waals surface area contributed by atoms with Crippen LogP contribution in [0.2, 0.25) is 0 Å². The fraction of sp³-hybridized carbons (Fsp3) is 0.294. The summed E-state index contributed by atoms with van der Waals surface area (Å²) in [4.78, 5) is 0. The van der Waals surface area contributed by atoms with E-state index < -0.39 is 14.3 Å². The molecule has 2 nitrogen and oxygen atoms in total. The molecule has 0 atom stereocenters. The summed E-state index contributed by atoms with van der Waals surface area (Å²) in [7, 11) is -5.18. The van der Waals surface area contributed by atoms with Crippen molar-refractivity contribution in [2.45, 2.75) is 51.4 Å². The molecule has 0 N–H and O–H groups in total. The predicted octanol–water partition coefficient (Wildman–Crippen LogP) is 8.14. The van der Waals surface area contributed by atoms with Crippen molar-refractivity contribution in [1.82, 2.24) is 0 Å². The van der Waals surface area contributed by atoms with Gasteiger partial charge in [-0.3, -0.25) is 0 Å². The van der Waals surface area contributed by atoms with Crippen molar-refractivity contribution in [1.29, 1.82) is 0 Å². The van der Waals surface area contributed by atoms with E-state index in [1.807, 2.05) is 121 Å². The van der Waals surface area contributed by atoms with Crippen molar-refractivity contribution in [2.24, 2.45) is 0 Å². The maximum Gasteiger partial charge on any atom is 0.143 e. The molecule has 0 saturated carbocycles. The number of benzene rings is 4. The summed E-state index contributed by atoms with van der Waals surface area (Å²) in [6.45, 7) is 0. The molecule has 4 aromatic carbocycles. The summed E-state index contributed by atoms with van der Waals surface area (Å²) >= 11 is 0. The molecule has 0 spiro atoms. The van der Waals surface area contributed by atoms with Gasteiger partial charge in [0.05, 0.1) is 0 Å². The highest BCUT2D eigenvalue weighted by atomic mass is 31.2. The first kappa shape index (κ1) is 28.4. The molecule has 4 aromatic rings. The monoisotopic (exact) mass is 542 g/mol. The van der Waals surface area contributed by atoms with E-state index in [0.29, 0.717) is 0 Å². The minimum absolute atomic E-state index is 0.731. The highest BCUT2D eigenvalue weighted by Crippen LogP contribution is 2.45. The zero-order valence-corrected chi connectivity index (χ0v) is 24.1. The zero-order chi connectivity index (χ0) is 26.5. The summed E-state index contributed by atoms with van der Waals surface area (Å²) in [6.07, 6.45) is 10.4. The number of hydrogen-bond donors (Lipinski definition) is 0. The average molecular weight is 543 g/mol. The Morgan fingerprint density at radius 2 is 0.526 bits per heavy atom. The van der Waals surface area contributed by atoms with Gasteiger partial charge in [0, 0.05) is 33.5 Å². The van der Waals surface area contributed by atoms with Gasteiger partial charge in [-0.25, -0.2) is 0 Å². The van der Waals surface area contributed by atoms with E-state index in [1.165, 1.54) is 25.7 Å². The SMILES string of the molecule is O=P(CCCCCCCCCCP(=O)(c1ccccc1)c1ccccc1)(c1ccccc1)c1ccccc1. The summed E-state index contributed by atoms with van der Waals surface area (Å²) < 4.78 is 28.2. The van der Waals surface area contributed by atoms with E-state index in [0.717, 1.165) is 59.2 Å². The Balaban J connectivity index is 1.19. The standard InChI is InChI=1S/C34H40O2P2/c35-37(31-21-11-7-12-22-31,32-23-13-8-14-24-32)29-19-5-3-1-2-4-6-20-30-38(36,33-25-15-9-16-26-33)34-27-17-10-18-28-34/h7-18,21-28H,1-6,19-20,29-30H2. The molecular weight excluding hydrogens is 502 g/mol. The molecule has 0 saturated heterocycles. The second-order valence-corrected chi connectivity index (χ2v) is 16.0. The highest BCUT2D eigenvalue weighted by Gasteiger charge is 2.27. The van der Waals surface area contributed by atoms with Crippen LogP contribution in [0, 0.1) is 0 Å². The molecule has 38 heavy (non-hydrogen) atoms. The lowest BCUT2D eigenvalue weighted by Crippen LogP contribution is -2.18. The number of rotatable bonds is 15. The molecule has 0 radical (unpaired) electrons. The minimum Gasteiger partial charge on any atom is -0.314 e. The average Bonchev–Trinajstić information content (AvgIpc) is 2.99. The summed E-state index contributed by atoms with van der Waals surface area (Å²) in [5.41, 5.74) is 0. The number of hydrogen-bond acceptors (Lipinski definition) is 2. The summed E-state index contributed by atoms with van der Waals surface area (Å²) in [5.74, 6) is 0. The largest absolute Gasteiger partial charge is 0.314 e. The molecule has 0 amide bonds. The van der Waals surface area contributed by atoms with Gasteiger partial charge in [-0.05, 0) is 12.8 Å². The maximum absolute atomic E-state index is 14.1.